The molecule has 122 valence electrons. The number of hydrogen-bond donors (Lipinski definition) is 2. The Bertz CT molecular complexity index is 670. The van der Waals surface area contributed by atoms with Crippen LogP contribution < -0.4 is 10.6 Å². The number of aromatic nitrogens is 2. The largest absolute Gasteiger partial charge is 0.366 e. The minimum Gasteiger partial charge on any atom is -0.366 e. The molecule has 0 radical (unpaired) electrons. The second-order valence-electron chi connectivity index (χ2n) is 6.17. The van der Waals surface area contributed by atoms with Gasteiger partial charge in [-0.1, -0.05) is 25.1 Å². The third-order valence-corrected chi connectivity index (χ3v) is 4.15. The predicted molar refractivity (Wildman–Crippen MR) is 91.1 cm³/mol. The molecule has 1 aromatic carbocycles. The predicted octanol–water partition coefficient (Wildman–Crippen LogP) is 4.32. The lowest BCUT2D eigenvalue weighted by Gasteiger charge is -2.14. The van der Waals surface area contributed by atoms with Crippen LogP contribution in [0.25, 0.3) is 0 Å². The Labute approximate surface area is 136 Å². The van der Waals surface area contributed by atoms with Gasteiger partial charge in [-0.3, -0.25) is 0 Å². The summed E-state index contributed by atoms with van der Waals surface area (Å²) in [4.78, 5) is 9.14. The van der Waals surface area contributed by atoms with Gasteiger partial charge in [0, 0.05) is 30.1 Å². The highest BCUT2D eigenvalue weighted by Gasteiger charge is 2.26. The van der Waals surface area contributed by atoms with Crippen LogP contribution in [0.15, 0.2) is 30.3 Å². The Morgan fingerprint density at radius 2 is 2.04 bits per heavy atom. The molecule has 1 fully saturated rings. The lowest BCUT2D eigenvalue weighted by molar-refractivity contribution is 0.613. The fourth-order valence-electron chi connectivity index (χ4n) is 2.36. The van der Waals surface area contributed by atoms with Crippen molar-refractivity contribution in [2.75, 3.05) is 10.6 Å². The highest BCUT2D eigenvalue weighted by molar-refractivity contribution is 5.45. The first-order chi connectivity index (χ1) is 11.2. The second kappa shape index (κ2) is 6.94. The molecule has 1 atom stereocenters. The summed E-state index contributed by atoms with van der Waals surface area (Å²) in [5.41, 5.74) is 1.71. The van der Waals surface area contributed by atoms with Gasteiger partial charge in [0.05, 0.1) is 5.69 Å². The van der Waals surface area contributed by atoms with Gasteiger partial charge in [0.2, 0.25) is 5.95 Å². The summed E-state index contributed by atoms with van der Waals surface area (Å²) in [6.07, 6.45) is 3.38. The molecule has 1 heterocycles. The van der Waals surface area contributed by atoms with E-state index < -0.39 is 0 Å². The molecule has 0 unspecified atom stereocenters. The molecule has 1 aliphatic rings. The summed E-state index contributed by atoms with van der Waals surface area (Å²) in [6.45, 7) is 4.65. The Hall–Kier alpha value is -2.17. The van der Waals surface area contributed by atoms with Crippen molar-refractivity contribution in [1.29, 1.82) is 0 Å². The van der Waals surface area contributed by atoms with E-state index in [1.165, 1.54) is 18.9 Å². The maximum absolute atomic E-state index is 13.7. The van der Waals surface area contributed by atoms with E-state index >= 15 is 0 Å². The number of hydrogen-bond acceptors (Lipinski definition) is 4. The molecule has 1 saturated carbocycles. The van der Waals surface area contributed by atoms with E-state index in [2.05, 4.69) is 34.4 Å². The first-order valence-electron chi connectivity index (χ1n) is 8.28. The summed E-state index contributed by atoms with van der Waals surface area (Å²) in [5.74, 6) is 1.75. The SMILES string of the molecule is CC[C@@H](C)Nc1nc(NCc2ccccc2F)cc(C2CC2)n1. The summed E-state index contributed by atoms with van der Waals surface area (Å²) in [6, 6.07) is 9.10. The van der Waals surface area contributed by atoms with Crippen molar-refractivity contribution >= 4 is 11.8 Å². The second-order valence-corrected chi connectivity index (χ2v) is 6.17. The van der Waals surface area contributed by atoms with Crippen LogP contribution in [0.5, 0.6) is 0 Å². The molecule has 0 bridgehead atoms. The molecule has 2 N–H and O–H groups in total. The van der Waals surface area contributed by atoms with E-state index in [0.29, 0.717) is 30.0 Å². The van der Waals surface area contributed by atoms with Crippen molar-refractivity contribution in [3.05, 3.63) is 47.4 Å². The molecule has 0 saturated heterocycles. The van der Waals surface area contributed by atoms with E-state index in [0.717, 1.165) is 17.9 Å². The van der Waals surface area contributed by atoms with Crippen molar-refractivity contribution in [1.82, 2.24) is 9.97 Å². The highest BCUT2D eigenvalue weighted by Crippen LogP contribution is 2.39. The molecule has 4 nitrogen and oxygen atoms in total. The van der Waals surface area contributed by atoms with Crippen LogP contribution in [0.1, 0.15) is 50.3 Å². The van der Waals surface area contributed by atoms with Gasteiger partial charge in [-0.15, -0.1) is 0 Å². The topological polar surface area (TPSA) is 49.8 Å². The molecular weight excluding hydrogens is 291 g/mol. The standard InChI is InChI=1S/C18H23FN4/c1-3-12(2)21-18-22-16(13-8-9-13)10-17(23-18)20-11-14-6-4-5-7-15(14)19/h4-7,10,12-13H,3,8-9,11H2,1-2H3,(H2,20,21,22,23)/t12-/m1/s1. The Balaban J connectivity index is 1.76. The maximum Gasteiger partial charge on any atom is 0.225 e. The average Bonchev–Trinajstić information content (AvgIpc) is 3.39. The summed E-state index contributed by atoms with van der Waals surface area (Å²) < 4.78 is 13.7. The van der Waals surface area contributed by atoms with Gasteiger partial charge in [-0.25, -0.2) is 9.37 Å². The van der Waals surface area contributed by atoms with Gasteiger partial charge >= 0.3 is 0 Å². The Morgan fingerprint density at radius 1 is 1.26 bits per heavy atom. The van der Waals surface area contributed by atoms with Crippen LogP contribution >= 0.6 is 0 Å². The van der Waals surface area contributed by atoms with Gasteiger partial charge in [0.15, 0.2) is 0 Å². The quantitative estimate of drug-likeness (QED) is 0.799. The van der Waals surface area contributed by atoms with Crippen LogP contribution in [0.3, 0.4) is 0 Å². The molecule has 0 spiro atoms. The normalized spacial score (nSPS) is 15.3. The molecule has 3 rings (SSSR count). The fourth-order valence-corrected chi connectivity index (χ4v) is 2.36. The Morgan fingerprint density at radius 3 is 2.74 bits per heavy atom. The van der Waals surface area contributed by atoms with Crippen LogP contribution in [0, 0.1) is 5.82 Å². The first kappa shape index (κ1) is 15.7. The van der Waals surface area contributed by atoms with Crippen LogP contribution in [-0.4, -0.2) is 16.0 Å². The minimum atomic E-state index is -0.200. The Kier molecular flexibility index (Phi) is 4.74. The van der Waals surface area contributed by atoms with E-state index in [1.807, 2.05) is 12.1 Å². The van der Waals surface area contributed by atoms with Crippen LogP contribution in [0.4, 0.5) is 16.2 Å². The van der Waals surface area contributed by atoms with Crippen LogP contribution in [-0.2, 0) is 6.54 Å². The van der Waals surface area contributed by atoms with Gasteiger partial charge in [0.25, 0.3) is 0 Å². The zero-order valence-corrected chi connectivity index (χ0v) is 13.6. The molecule has 1 aromatic heterocycles. The van der Waals surface area contributed by atoms with Gasteiger partial charge < -0.3 is 10.6 Å². The van der Waals surface area contributed by atoms with Crippen LogP contribution in [0.2, 0.25) is 0 Å². The maximum atomic E-state index is 13.7. The van der Waals surface area contributed by atoms with Gasteiger partial charge in [0.1, 0.15) is 11.6 Å². The van der Waals surface area contributed by atoms with Crippen molar-refractivity contribution in [2.45, 2.75) is 51.6 Å². The van der Waals surface area contributed by atoms with E-state index in [1.54, 1.807) is 12.1 Å². The summed E-state index contributed by atoms with van der Waals surface area (Å²) >= 11 is 0. The minimum absolute atomic E-state index is 0.200. The van der Waals surface area contributed by atoms with Crippen molar-refractivity contribution in [2.24, 2.45) is 0 Å². The lowest BCUT2D eigenvalue weighted by atomic mass is 10.2. The molecule has 1 aliphatic carbocycles. The third kappa shape index (κ3) is 4.18. The van der Waals surface area contributed by atoms with Crippen molar-refractivity contribution in [3.63, 3.8) is 0 Å². The first-order valence-corrected chi connectivity index (χ1v) is 8.28. The summed E-state index contributed by atoms with van der Waals surface area (Å²) in [5, 5.41) is 6.55. The fraction of sp³-hybridized carbons (Fsp3) is 0.444. The molecule has 0 aliphatic heterocycles. The highest BCUT2D eigenvalue weighted by atomic mass is 19.1. The lowest BCUT2D eigenvalue weighted by Crippen LogP contribution is -2.17. The molecule has 5 heteroatoms. The number of benzene rings is 1. The number of halogens is 1. The van der Waals surface area contributed by atoms with Gasteiger partial charge in [-0.2, -0.15) is 4.98 Å². The van der Waals surface area contributed by atoms with E-state index in [4.69, 9.17) is 0 Å². The van der Waals surface area contributed by atoms with E-state index in [-0.39, 0.29) is 5.82 Å². The van der Waals surface area contributed by atoms with Crippen molar-refractivity contribution in [3.8, 4) is 0 Å². The number of anilines is 2. The van der Waals surface area contributed by atoms with E-state index in [9.17, 15) is 4.39 Å². The van der Waals surface area contributed by atoms with Gasteiger partial charge in [-0.05, 0) is 32.3 Å². The smallest absolute Gasteiger partial charge is 0.225 e. The molecular formula is C18H23FN4. The molecule has 0 amide bonds. The molecule has 23 heavy (non-hydrogen) atoms. The molecule has 2 aromatic rings. The monoisotopic (exact) mass is 314 g/mol. The third-order valence-electron chi connectivity index (χ3n) is 4.15. The number of nitrogens with zero attached hydrogens (tertiary/aromatic N) is 2. The zero-order valence-electron chi connectivity index (χ0n) is 13.6. The zero-order chi connectivity index (χ0) is 16.2. The van der Waals surface area contributed by atoms with Crippen molar-refractivity contribution < 1.29 is 4.39 Å². The summed E-state index contributed by atoms with van der Waals surface area (Å²) in [7, 11) is 0. The number of rotatable bonds is 7. The number of nitrogens with one attached hydrogen (secondary N) is 2. The average molecular weight is 314 g/mol.